The van der Waals surface area contributed by atoms with Gasteiger partial charge in [0.25, 0.3) is 0 Å². The first-order chi connectivity index (χ1) is 14.6. The third-order valence-corrected chi connectivity index (χ3v) is 6.78. The monoisotopic (exact) mass is 408 g/mol. The Labute approximate surface area is 176 Å². The molecular formula is C22H28N6O2. The third kappa shape index (κ3) is 3.43. The fourth-order valence-corrected chi connectivity index (χ4v) is 4.69. The van der Waals surface area contributed by atoms with Gasteiger partial charge in [-0.2, -0.15) is 4.98 Å². The molecule has 0 unspecified atom stereocenters. The first kappa shape index (κ1) is 19.4. The number of rotatable bonds is 5. The summed E-state index contributed by atoms with van der Waals surface area (Å²) in [5.74, 6) is 2.65. The average Bonchev–Trinajstić information content (AvgIpc) is 3.12. The largest absolute Gasteiger partial charge is 0.394 e. The van der Waals surface area contributed by atoms with E-state index in [2.05, 4.69) is 20.2 Å². The average molecular weight is 409 g/mol. The lowest BCUT2D eigenvalue weighted by molar-refractivity contribution is 0.0994. The second-order valence-electron chi connectivity index (χ2n) is 8.91. The number of hydrogen-bond acceptors (Lipinski definition) is 8. The molecule has 0 aromatic carbocycles. The highest BCUT2D eigenvalue weighted by atomic mass is 16.3. The highest BCUT2D eigenvalue weighted by molar-refractivity contribution is 6.04. The predicted octanol–water partition coefficient (Wildman–Crippen LogP) is 2.41. The number of carbonyl (C=O) groups is 1. The smallest absolute Gasteiger partial charge is 0.227 e. The van der Waals surface area contributed by atoms with Crippen LogP contribution in [0.3, 0.4) is 0 Å². The number of aliphatic hydroxyl groups excluding tert-OH is 1. The summed E-state index contributed by atoms with van der Waals surface area (Å²) in [6.45, 7) is 3.72. The molecule has 8 heteroatoms. The Bertz CT molecular complexity index is 943. The minimum Gasteiger partial charge on any atom is -0.394 e. The second-order valence-corrected chi connectivity index (χ2v) is 8.91. The van der Waals surface area contributed by atoms with Gasteiger partial charge in [-0.1, -0.05) is 0 Å². The molecule has 3 aliphatic rings. The van der Waals surface area contributed by atoms with Gasteiger partial charge in [-0.15, -0.1) is 0 Å². The van der Waals surface area contributed by atoms with Crippen molar-refractivity contribution in [3.05, 3.63) is 35.0 Å². The zero-order chi connectivity index (χ0) is 20.7. The van der Waals surface area contributed by atoms with E-state index < -0.39 is 0 Å². The molecule has 158 valence electrons. The fraction of sp³-hybridized carbons (Fsp3) is 0.591. The van der Waals surface area contributed by atoms with Crippen molar-refractivity contribution in [2.24, 2.45) is 0 Å². The number of aromatic nitrogens is 4. The van der Waals surface area contributed by atoms with Gasteiger partial charge in [0, 0.05) is 37.8 Å². The summed E-state index contributed by atoms with van der Waals surface area (Å²) in [6.07, 6.45) is 9.68. The van der Waals surface area contributed by atoms with Crippen LogP contribution in [0.5, 0.6) is 0 Å². The second kappa shape index (κ2) is 7.58. The van der Waals surface area contributed by atoms with E-state index in [1.54, 1.807) is 0 Å². The number of piperidine rings is 1. The Kier molecular flexibility index (Phi) is 4.89. The summed E-state index contributed by atoms with van der Waals surface area (Å²) in [5.41, 5.74) is 2.19. The van der Waals surface area contributed by atoms with Crippen LogP contribution >= 0.6 is 0 Å². The Morgan fingerprint density at radius 3 is 2.53 bits per heavy atom. The number of aliphatic hydroxyl groups is 1. The van der Waals surface area contributed by atoms with E-state index in [1.807, 2.05) is 19.3 Å². The van der Waals surface area contributed by atoms with Crippen molar-refractivity contribution < 1.29 is 9.90 Å². The van der Waals surface area contributed by atoms with E-state index in [-0.39, 0.29) is 17.9 Å². The Morgan fingerprint density at radius 2 is 1.90 bits per heavy atom. The van der Waals surface area contributed by atoms with Gasteiger partial charge < -0.3 is 15.3 Å². The molecule has 0 spiro atoms. The molecule has 1 saturated carbocycles. The zero-order valence-electron chi connectivity index (χ0n) is 17.4. The number of anilines is 2. The van der Waals surface area contributed by atoms with Crippen molar-refractivity contribution >= 4 is 17.5 Å². The van der Waals surface area contributed by atoms with Gasteiger partial charge >= 0.3 is 0 Å². The highest BCUT2D eigenvalue weighted by Crippen LogP contribution is 2.38. The molecule has 8 nitrogen and oxygen atoms in total. The van der Waals surface area contributed by atoms with Crippen LogP contribution in [0, 0.1) is 6.92 Å². The maximum atomic E-state index is 12.5. The van der Waals surface area contributed by atoms with Crippen LogP contribution < -0.4 is 10.2 Å². The molecule has 1 saturated heterocycles. The maximum Gasteiger partial charge on any atom is 0.227 e. The molecule has 0 bridgehead atoms. The minimum atomic E-state index is -0.349. The van der Waals surface area contributed by atoms with Gasteiger partial charge in [-0.25, -0.2) is 15.0 Å². The van der Waals surface area contributed by atoms with E-state index in [0.29, 0.717) is 36.1 Å². The number of ketones is 1. The molecule has 0 atom stereocenters. The summed E-state index contributed by atoms with van der Waals surface area (Å²) in [5, 5.41) is 13.3. The summed E-state index contributed by atoms with van der Waals surface area (Å²) >= 11 is 0. The van der Waals surface area contributed by atoms with Crippen molar-refractivity contribution in [2.75, 3.05) is 29.9 Å². The lowest BCUT2D eigenvalue weighted by Gasteiger charge is -2.42. The van der Waals surface area contributed by atoms with Crippen molar-refractivity contribution in [3.63, 3.8) is 0 Å². The van der Waals surface area contributed by atoms with Crippen molar-refractivity contribution in [3.8, 4) is 0 Å². The minimum absolute atomic E-state index is 0.0528. The fourth-order valence-electron chi connectivity index (χ4n) is 4.69. The van der Waals surface area contributed by atoms with Crippen LogP contribution in [0.1, 0.15) is 71.9 Å². The van der Waals surface area contributed by atoms with Gasteiger partial charge in [0.05, 0.1) is 23.4 Å². The lowest BCUT2D eigenvalue weighted by Crippen LogP contribution is -2.49. The number of hydrogen-bond donors (Lipinski definition) is 2. The molecule has 30 heavy (non-hydrogen) atoms. The Balaban J connectivity index is 1.37. The molecule has 1 aliphatic heterocycles. The lowest BCUT2D eigenvalue weighted by atomic mass is 9.77. The van der Waals surface area contributed by atoms with Crippen LogP contribution in [0.4, 0.5) is 11.8 Å². The molecule has 2 aliphatic carbocycles. The van der Waals surface area contributed by atoms with E-state index in [9.17, 15) is 9.90 Å². The van der Waals surface area contributed by atoms with Gasteiger partial charge in [-0.3, -0.25) is 4.79 Å². The van der Waals surface area contributed by atoms with Crippen molar-refractivity contribution in [1.82, 2.24) is 19.9 Å². The summed E-state index contributed by atoms with van der Waals surface area (Å²) in [7, 11) is 0. The normalized spacial score (nSPS) is 20.7. The molecule has 0 amide bonds. The van der Waals surface area contributed by atoms with Gasteiger partial charge in [0.2, 0.25) is 5.95 Å². The quantitative estimate of drug-likeness (QED) is 0.777. The molecule has 2 aromatic rings. The number of carbonyl (C=O) groups excluding carboxylic acids is 1. The van der Waals surface area contributed by atoms with Crippen LogP contribution in [0.2, 0.25) is 0 Å². The number of aryl methyl sites for hydroxylation is 2. The van der Waals surface area contributed by atoms with Crippen LogP contribution in [0.15, 0.2) is 12.4 Å². The van der Waals surface area contributed by atoms with E-state index in [0.717, 1.165) is 62.3 Å². The molecule has 2 aromatic heterocycles. The SMILES string of the molecule is Cc1cnc(C2CCN(c3nc4c(c(NC5(CO)CCC5)n3)C(=O)CC4)CC2)nc1. The standard InChI is InChI=1S/C22H28N6O2/c1-14-11-23-19(24-12-14)15-5-9-28(10-6-15)21-25-16-3-4-17(30)18(16)20(26-21)27-22(13-29)7-2-8-22/h11-12,15,29H,2-10,13H2,1H3,(H,25,26,27). The van der Waals surface area contributed by atoms with Crippen LogP contribution in [-0.2, 0) is 6.42 Å². The highest BCUT2D eigenvalue weighted by Gasteiger charge is 2.39. The van der Waals surface area contributed by atoms with Crippen LogP contribution in [0.25, 0.3) is 0 Å². The Hall–Kier alpha value is -2.61. The molecule has 3 heterocycles. The summed E-state index contributed by atoms with van der Waals surface area (Å²) in [6, 6.07) is 0. The van der Waals surface area contributed by atoms with Gasteiger partial charge in [0.1, 0.15) is 11.6 Å². The predicted molar refractivity (Wildman–Crippen MR) is 113 cm³/mol. The molecule has 2 fully saturated rings. The van der Waals surface area contributed by atoms with Gasteiger partial charge in [-0.05, 0) is 51.0 Å². The number of nitrogens with one attached hydrogen (secondary N) is 1. The zero-order valence-corrected chi connectivity index (χ0v) is 17.4. The molecular weight excluding hydrogens is 380 g/mol. The number of fused-ring (bicyclic) bond motifs is 1. The van der Waals surface area contributed by atoms with E-state index in [1.165, 1.54) is 0 Å². The maximum absolute atomic E-state index is 12.5. The number of nitrogens with zero attached hydrogens (tertiary/aromatic N) is 5. The first-order valence-electron chi connectivity index (χ1n) is 10.9. The van der Waals surface area contributed by atoms with E-state index >= 15 is 0 Å². The third-order valence-electron chi connectivity index (χ3n) is 6.78. The molecule has 5 rings (SSSR count). The first-order valence-corrected chi connectivity index (χ1v) is 10.9. The summed E-state index contributed by atoms with van der Waals surface area (Å²) in [4.78, 5) is 33.2. The van der Waals surface area contributed by atoms with Crippen molar-refractivity contribution in [1.29, 1.82) is 0 Å². The van der Waals surface area contributed by atoms with E-state index in [4.69, 9.17) is 9.97 Å². The molecule has 2 N–H and O–H groups in total. The van der Waals surface area contributed by atoms with Crippen molar-refractivity contribution in [2.45, 2.75) is 63.3 Å². The number of Topliss-reactive ketones (excluding diaryl/α,β-unsaturated/α-hetero) is 1. The van der Waals surface area contributed by atoms with Gasteiger partial charge in [0.15, 0.2) is 5.78 Å². The molecule has 0 radical (unpaired) electrons. The topological polar surface area (TPSA) is 104 Å². The Morgan fingerprint density at radius 1 is 1.17 bits per heavy atom. The van der Waals surface area contributed by atoms with Crippen LogP contribution in [-0.4, -0.2) is 56.1 Å². The summed E-state index contributed by atoms with van der Waals surface area (Å²) < 4.78 is 0.